The van der Waals surface area contributed by atoms with Gasteiger partial charge in [0, 0.05) is 18.3 Å². The maximum atomic E-state index is 12.2. The Bertz CT molecular complexity index is 517. The summed E-state index contributed by atoms with van der Waals surface area (Å²) in [6.07, 6.45) is 3.61. The normalized spacial score (nSPS) is 16.8. The second-order valence-electron chi connectivity index (χ2n) is 5.79. The Hall–Kier alpha value is -1.07. The van der Waals surface area contributed by atoms with Gasteiger partial charge in [0.1, 0.15) is 0 Å². The first kappa shape index (κ1) is 15.3. The number of rotatable bonds is 6. The van der Waals surface area contributed by atoms with Crippen molar-refractivity contribution >= 4 is 15.7 Å². The van der Waals surface area contributed by atoms with Crippen molar-refractivity contribution in [3.8, 4) is 0 Å². The Morgan fingerprint density at radius 2 is 1.75 bits per heavy atom. The van der Waals surface area contributed by atoms with Crippen LogP contribution in [0.4, 0.5) is 5.69 Å². The van der Waals surface area contributed by atoms with Crippen molar-refractivity contribution in [3.63, 3.8) is 0 Å². The molecule has 0 aromatic heterocycles. The molecule has 2 N–H and O–H groups in total. The molecule has 1 fully saturated rings. The average Bonchev–Trinajstić information content (AvgIpc) is 2.92. The zero-order valence-electron chi connectivity index (χ0n) is 12.2. The molecule has 20 heavy (non-hydrogen) atoms. The second kappa shape index (κ2) is 6.59. The Balaban J connectivity index is 1.96. The molecule has 112 valence electrons. The molecule has 0 aliphatic heterocycles. The molecule has 4 nitrogen and oxygen atoms in total. The minimum atomic E-state index is -3.22. The monoisotopic (exact) mass is 296 g/mol. The number of hydrogen-bond acceptors (Lipinski definition) is 3. The third-order valence-electron chi connectivity index (χ3n) is 3.67. The largest absolute Gasteiger partial charge is 0.310 e. The molecule has 1 aromatic rings. The molecule has 0 atom stereocenters. The molecule has 0 amide bonds. The zero-order chi connectivity index (χ0) is 14.6. The standard InChI is InChI=1S/C15H24N2O2S/c1-12(2)16-11-13-7-9-14(10-8-13)17-20(18,19)15-5-3-4-6-15/h7-10,12,15-17H,3-6,11H2,1-2H3. The Kier molecular flexibility index (Phi) is 5.05. The third-order valence-corrected chi connectivity index (χ3v) is 5.54. The van der Waals surface area contributed by atoms with Crippen LogP contribution in [-0.2, 0) is 16.6 Å². The number of sulfonamides is 1. The van der Waals surface area contributed by atoms with Crippen LogP contribution in [0.25, 0.3) is 0 Å². The predicted octanol–water partition coefficient (Wildman–Crippen LogP) is 2.87. The summed E-state index contributed by atoms with van der Waals surface area (Å²) in [6.45, 7) is 5.00. The molecule has 1 aromatic carbocycles. The van der Waals surface area contributed by atoms with Gasteiger partial charge >= 0.3 is 0 Å². The van der Waals surface area contributed by atoms with Gasteiger partial charge in [-0.2, -0.15) is 0 Å². The fraction of sp³-hybridized carbons (Fsp3) is 0.600. The topological polar surface area (TPSA) is 58.2 Å². The van der Waals surface area contributed by atoms with Gasteiger partial charge in [-0.1, -0.05) is 38.8 Å². The Morgan fingerprint density at radius 1 is 1.15 bits per heavy atom. The summed E-state index contributed by atoms with van der Waals surface area (Å²) in [5.74, 6) is 0. The molecule has 0 bridgehead atoms. The van der Waals surface area contributed by atoms with E-state index in [1.165, 1.54) is 0 Å². The first-order chi connectivity index (χ1) is 9.47. The van der Waals surface area contributed by atoms with E-state index in [2.05, 4.69) is 23.9 Å². The zero-order valence-corrected chi connectivity index (χ0v) is 13.0. The summed E-state index contributed by atoms with van der Waals surface area (Å²) in [7, 11) is -3.22. The van der Waals surface area contributed by atoms with Crippen molar-refractivity contribution in [1.82, 2.24) is 5.32 Å². The van der Waals surface area contributed by atoms with Crippen LogP contribution in [0.1, 0.15) is 45.1 Å². The molecule has 1 aliphatic carbocycles. The lowest BCUT2D eigenvalue weighted by Crippen LogP contribution is -2.25. The van der Waals surface area contributed by atoms with Crippen LogP contribution in [0.3, 0.4) is 0 Å². The summed E-state index contributed by atoms with van der Waals surface area (Å²) in [5.41, 5.74) is 1.81. The van der Waals surface area contributed by atoms with E-state index >= 15 is 0 Å². The van der Waals surface area contributed by atoms with E-state index in [9.17, 15) is 8.42 Å². The minimum absolute atomic E-state index is 0.218. The lowest BCUT2D eigenvalue weighted by molar-refractivity contribution is 0.585. The smallest absolute Gasteiger partial charge is 0.235 e. The highest BCUT2D eigenvalue weighted by molar-refractivity contribution is 7.93. The Morgan fingerprint density at radius 3 is 2.30 bits per heavy atom. The van der Waals surface area contributed by atoms with Gasteiger partial charge in [-0.15, -0.1) is 0 Å². The van der Waals surface area contributed by atoms with E-state index in [1.54, 1.807) is 0 Å². The quantitative estimate of drug-likeness (QED) is 0.848. The minimum Gasteiger partial charge on any atom is -0.310 e. The highest BCUT2D eigenvalue weighted by atomic mass is 32.2. The molecule has 0 radical (unpaired) electrons. The summed E-state index contributed by atoms with van der Waals surface area (Å²) in [5, 5.41) is 3.12. The lowest BCUT2D eigenvalue weighted by Gasteiger charge is -2.14. The van der Waals surface area contributed by atoms with Gasteiger partial charge < -0.3 is 5.32 Å². The average molecular weight is 296 g/mol. The second-order valence-corrected chi connectivity index (χ2v) is 7.75. The van der Waals surface area contributed by atoms with Crippen molar-refractivity contribution in [1.29, 1.82) is 0 Å². The van der Waals surface area contributed by atoms with Crippen LogP contribution < -0.4 is 10.0 Å². The highest BCUT2D eigenvalue weighted by Crippen LogP contribution is 2.26. The fourth-order valence-corrected chi connectivity index (χ4v) is 4.04. The molecule has 0 spiro atoms. The first-order valence-electron chi connectivity index (χ1n) is 7.31. The van der Waals surface area contributed by atoms with E-state index in [0.29, 0.717) is 11.7 Å². The van der Waals surface area contributed by atoms with Crippen LogP contribution in [0.5, 0.6) is 0 Å². The fourth-order valence-electron chi connectivity index (χ4n) is 2.46. The van der Waals surface area contributed by atoms with E-state index in [4.69, 9.17) is 0 Å². The number of anilines is 1. The van der Waals surface area contributed by atoms with Crippen LogP contribution in [0.15, 0.2) is 24.3 Å². The molecule has 5 heteroatoms. The maximum absolute atomic E-state index is 12.2. The van der Waals surface area contributed by atoms with Gasteiger partial charge in [-0.3, -0.25) is 4.72 Å². The van der Waals surface area contributed by atoms with Gasteiger partial charge in [0.15, 0.2) is 0 Å². The van der Waals surface area contributed by atoms with Crippen LogP contribution in [-0.4, -0.2) is 19.7 Å². The van der Waals surface area contributed by atoms with E-state index < -0.39 is 10.0 Å². The van der Waals surface area contributed by atoms with E-state index in [1.807, 2.05) is 24.3 Å². The molecule has 1 aliphatic rings. The van der Waals surface area contributed by atoms with E-state index in [0.717, 1.165) is 37.8 Å². The van der Waals surface area contributed by atoms with Crippen LogP contribution in [0.2, 0.25) is 0 Å². The van der Waals surface area contributed by atoms with Crippen LogP contribution >= 0.6 is 0 Å². The maximum Gasteiger partial charge on any atom is 0.235 e. The van der Waals surface area contributed by atoms with Crippen molar-refractivity contribution in [2.75, 3.05) is 4.72 Å². The Labute approximate surface area is 122 Å². The first-order valence-corrected chi connectivity index (χ1v) is 8.86. The van der Waals surface area contributed by atoms with Crippen molar-refractivity contribution in [3.05, 3.63) is 29.8 Å². The summed E-state index contributed by atoms with van der Waals surface area (Å²) < 4.78 is 27.1. The van der Waals surface area contributed by atoms with Crippen molar-refractivity contribution < 1.29 is 8.42 Å². The third kappa shape index (κ3) is 4.21. The van der Waals surface area contributed by atoms with Crippen LogP contribution in [0, 0.1) is 0 Å². The molecule has 0 saturated heterocycles. The van der Waals surface area contributed by atoms with Crippen molar-refractivity contribution in [2.24, 2.45) is 0 Å². The van der Waals surface area contributed by atoms with Crippen molar-refractivity contribution in [2.45, 2.75) is 57.4 Å². The predicted molar refractivity (Wildman–Crippen MR) is 83.2 cm³/mol. The SMILES string of the molecule is CC(C)NCc1ccc(NS(=O)(=O)C2CCCC2)cc1. The molecular weight excluding hydrogens is 272 g/mol. The van der Waals surface area contributed by atoms with Gasteiger partial charge in [0.2, 0.25) is 10.0 Å². The number of hydrogen-bond donors (Lipinski definition) is 2. The summed E-state index contributed by atoms with van der Waals surface area (Å²) >= 11 is 0. The molecule has 0 unspecified atom stereocenters. The number of benzene rings is 1. The van der Waals surface area contributed by atoms with Gasteiger partial charge in [-0.25, -0.2) is 8.42 Å². The van der Waals surface area contributed by atoms with Gasteiger partial charge in [0.25, 0.3) is 0 Å². The molecule has 1 saturated carbocycles. The van der Waals surface area contributed by atoms with Gasteiger partial charge in [-0.05, 0) is 30.5 Å². The molecule has 0 heterocycles. The van der Waals surface area contributed by atoms with E-state index in [-0.39, 0.29) is 5.25 Å². The lowest BCUT2D eigenvalue weighted by atomic mass is 10.2. The van der Waals surface area contributed by atoms with Gasteiger partial charge in [0.05, 0.1) is 5.25 Å². The summed E-state index contributed by atoms with van der Waals surface area (Å²) in [4.78, 5) is 0. The highest BCUT2D eigenvalue weighted by Gasteiger charge is 2.28. The molecule has 2 rings (SSSR count). The molecular formula is C15H24N2O2S. The number of nitrogens with one attached hydrogen (secondary N) is 2. The summed E-state index contributed by atoms with van der Waals surface area (Å²) in [6, 6.07) is 8.04.